The zero-order valence-corrected chi connectivity index (χ0v) is 12.4. The van der Waals surface area contributed by atoms with Crippen molar-refractivity contribution in [2.24, 2.45) is 11.7 Å². The van der Waals surface area contributed by atoms with Crippen molar-refractivity contribution in [3.63, 3.8) is 0 Å². The molecule has 1 aliphatic carbocycles. The van der Waals surface area contributed by atoms with E-state index in [0.717, 1.165) is 25.7 Å². The molecule has 19 heavy (non-hydrogen) atoms. The van der Waals surface area contributed by atoms with E-state index in [1.54, 1.807) is 0 Å². The summed E-state index contributed by atoms with van der Waals surface area (Å²) >= 11 is 1.21. The van der Waals surface area contributed by atoms with E-state index in [1.165, 1.54) is 24.5 Å². The quantitative estimate of drug-likeness (QED) is 0.839. The van der Waals surface area contributed by atoms with E-state index in [4.69, 9.17) is 5.73 Å². The van der Waals surface area contributed by atoms with Crippen molar-refractivity contribution in [1.29, 1.82) is 0 Å². The van der Waals surface area contributed by atoms with Crippen LogP contribution in [0.2, 0.25) is 0 Å². The van der Waals surface area contributed by atoms with Crippen molar-refractivity contribution in [3.05, 3.63) is 11.1 Å². The van der Waals surface area contributed by atoms with Crippen molar-refractivity contribution >= 4 is 40.6 Å². The standard InChI is InChI=1S/C12H17N3O2S.ClH/c1-7(16)10-6-14-12(18-10)15-11(17)8-3-2-4-9(13)5-8;/h6,8-9H,2-5,13H2,1H3,(H,14,15,17);1H. The van der Waals surface area contributed by atoms with Gasteiger partial charge >= 0.3 is 0 Å². The molecule has 0 spiro atoms. The Morgan fingerprint density at radius 1 is 1.47 bits per heavy atom. The molecule has 3 N–H and O–H groups in total. The normalized spacial score (nSPS) is 22.4. The summed E-state index contributed by atoms with van der Waals surface area (Å²) in [7, 11) is 0. The predicted molar refractivity (Wildman–Crippen MR) is 77.9 cm³/mol. The number of nitrogens with zero attached hydrogens (tertiary/aromatic N) is 1. The van der Waals surface area contributed by atoms with Gasteiger partial charge in [0.15, 0.2) is 10.9 Å². The van der Waals surface area contributed by atoms with Crippen molar-refractivity contribution in [3.8, 4) is 0 Å². The lowest BCUT2D eigenvalue weighted by Crippen LogP contribution is -2.34. The topological polar surface area (TPSA) is 85.1 Å². The maximum absolute atomic E-state index is 12.0. The van der Waals surface area contributed by atoms with Crippen LogP contribution in [0.4, 0.5) is 5.13 Å². The highest BCUT2D eigenvalue weighted by molar-refractivity contribution is 7.17. The molecule has 1 aromatic heterocycles. The number of Topliss-reactive ketones (excluding diaryl/α,β-unsaturated/α-hetero) is 1. The number of halogens is 1. The number of amides is 1. The van der Waals surface area contributed by atoms with Crippen molar-refractivity contribution in [2.75, 3.05) is 5.32 Å². The Labute approximate surface area is 122 Å². The number of ketones is 1. The average Bonchev–Trinajstić information content (AvgIpc) is 2.77. The first kappa shape index (κ1) is 16.1. The molecule has 2 atom stereocenters. The second-order valence-electron chi connectivity index (χ2n) is 4.70. The highest BCUT2D eigenvalue weighted by atomic mass is 35.5. The number of rotatable bonds is 3. The van der Waals surface area contributed by atoms with Gasteiger partial charge in [-0.25, -0.2) is 4.98 Å². The number of hydrogen-bond acceptors (Lipinski definition) is 5. The van der Waals surface area contributed by atoms with Crippen LogP contribution in [0.3, 0.4) is 0 Å². The molecular formula is C12H18ClN3O2S. The van der Waals surface area contributed by atoms with E-state index in [1.807, 2.05) is 0 Å². The second-order valence-corrected chi connectivity index (χ2v) is 5.73. The molecule has 0 radical (unpaired) electrons. The molecule has 1 amide bonds. The molecule has 2 unspecified atom stereocenters. The van der Waals surface area contributed by atoms with Crippen LogP contribution in [-0.4, -0.2) is 22.7 Å². The first-order valence-corrected chi connectivity index (χ1v) is 6.91. The molecule has 5 nitrogen and oxygen atoms in total. The molecule has 0 saturated heterocycles. The van der Waals surface area contributed by atoms with Gasteiger partial charge in [-0.3, -0.25) is 9.59 Å². The summed E-state index contributed by atoms with van der Waals surface area (Å²) < 4.78 is 0. The van der Waals surface area contributed by atoms with Gasteiger partial charge in [-0.15, -0.1) is 12.4 Å². The first-order chi connectivity index (χ1) is 8.56. The Kier molecular flexibility index (Phi) is 5.90. The molecule has 1 aliphatic rings. The van der Waals surface area contributed by atoms with Crippen LogP contribution in [-0.2, 0) is 4.79 Å². The smallest absolute Gasteiger partial charge is 0.229 e. The first-order valence-electron chi connectivity index (χ1n) is 6.09. The fourth-order valence-electron chi connectivity index (χ4n) is 2.17. The second kappa shape index (κ2) is 6.98. The maximum Gasteiger partial charge on any atom is 0.229 e. The van der Waals surface area contributed by atoms with E-state index in [9.17, 15) is 9.59 Å². The Hall–Kier alpha value is -0.980. The SMILES string of the molecule is CC(=O)c1cnc(NC(=O)C2CCCC(N)C2)s1.Cl. The van der Waals surface area contributed by atoms with Gasteiger partial charge in [-0.1, -0.05) is 17.8 Å². The van der Waals surface area contributed by atoms with Crippen LogP contribution in [0.1, 0.15) is 42.3 Å². The summed E-state index contributed by atoms with van der Waals surface area (Å²) in [5, 5.41) is 3.26. The van der Waals surface area contributed by atoms with Gasteiger partial charge < -0.3 is 11.1 Å². The lowest BCUT2D eigenvalue weighted by Gasteiger charge is -2.25. The number of thiazole rings is 1. The Balaban J connectivity index is 0.00000180. The van der Waals surface area contributed by atoms with Gasteiger partial charge in [0.25, 0.3) is 0 Å². The number of carbonyl (C=O) groups excluding carboxylic acids is 2. The molecule has 0 aromatic carbocycles. The zero-order valence-electron chi connectivity index (χ0n) is 10.7. The van der Waals surface area contributed by atoms with E-state index >= 15 is 0 Å². The monoisotopic (exact) mass is 303 g/mol. The molecule has 1 heterocycles. The van der Waals surface area contributed by atoms with E-state index in [2.05, 4.69) is 10.3 Å². The lowest BCUT2D eigenvalue weighted by atomic mass is 9.86. The highest BCUT2D eigenvalue weighted by Gasteiger charge is 2.25. The number of hydrogen-bond donors (Lipinski definition) is 2. The van der Waals surface area contributed by atoms with Gasteiger partial charge in [-0.2, -0.15) is 0 Å². The van der Waals surface area contributed by atoms with Crippen LogP contribution in [0.25, 0.3) is 0 Å². The largest absolute Gasteiger partial charge is 0.328 e. The fourth-order valence-corrected chi connectivity index (χ4v) is 2.88. The van der Waals surface area contributed by atoms with Crippen molar-refractivity contribution < 1.29 is 9.59 Å². The Morgan fingerprint density at radius 3 is 2.79 bits per heavy atom. The molecule has 106 valence electrons. The Morgan fingerprint density at radius 2 is 2.21 bits per heavy atom. The van der Waals surface area contributed by atoms with Crippen molar-refractivity contribution in [1.82, 2.24) is 4.98 Å². The van der Waals surface area contributed by atoms with Crippen LogP contribution in [0.5, 0.6) is 0 Å². The Bertz CT molecular complexity index is 464. The molecule has 0 bridgehead atoms. The number of nitrogens with one attached hydrogen (secondary N) is 1. The summed E-state index contributed by atoms with van der Waals surface area (Å²) in [5.41, 5.74) is 5.86. The van der Waals surface area contributed by atoms with Gasteiger partial charge in [0.1, 0.15) is 0 Å². The van der Waals surface area contributed by atoms with Gasteiger partial charge in [0.05, 0.1) is 11.1 Å². The minimum absolute atomic E-state index is 0. The molecule has 7 heteroatoms. The zero-order chi connectivity index (χ0) is 13.1. The van der Waals surface area contributed by atoms with Crippen LogP contribution >= 0.6 is 23.7 Å². The summed E-state index contributed by atoms with van der Waals surface area (Å²) in [5.74, 6) is -0.0966. The van der Waals surface area contributed by atoms with Crippen LogP contribution < -0.4 is 11.1 Å². The minimum Gasteiger partial charge on any atom is -0.328 e. The third kappa shape index (κ3) is 4.26. The van der Waals surface area contributed by atoms with Gasteiger partial charge in [0, 0.05) is 18.9 Å². The van der Waals surface area contributed by atoms with E-state index in [0.29, 0.717) is 10.0 Å². The fraction of sp³-hybridized carbons (Fsp3) is 0.583. The summed E-state index contributed by atoms with van der Waals surface area (Å²) in [6, 6.07) is 0.124. The third-order valence-electron chi connectivity index (χ3n) is 3.17. The summed E-state index contributed by atoms with van der Waals surface area (Å²) in [4.78, 5) is 27.7. The van der Waals surface area contributed by atoms with E-state index in [-0.39, 0.29) is 36.1 Å². The number of carbonyl (C=O) groups is 2. The lowest BCUT2D eigenvalue weighted by molar-refractivity contribution is -0.120. The number of aromatic nitrogens is 1. The number of nitrogens with two attached hydrogens (primary N) is 1. The molecule has 1 saturated carbocycles. The van der Waals surface area contributed by atoms with Crippen LogP contribution in [0.15, 0.2) is 6.20 Å². The molecule has 1 fully saturated rings. The number of anilines is 1. The van der Waals surface area contributed by atoms with E-state index < -0.39 is 0 Å². The predicted octanol–water partition coefficient (Wildman–Crippen LogP) is 2.22. The van der Waals surface area contributed by atoms with Crippen LogP contribution in [0, 0.1) is 5.92 Å². The molecule has 1 aromatic rings. The average molecular weight is 304 g/mol. The minimum atomic E-state index is -0.0345. The molecule has 0 aliphatic heterocycles. The maximum atomic E-state index is 12.0. The van der Waals surface area contributed by atoms with Crippen molar-refractivity contribution in [2.45, 2.75) is 38.6 Å². The summed E-state index contributed by atoms with van der Waals surface area (Å²) in [6.07, 6.45) is 5.10. The summed E-state index contributed by atoms with van der Waals surface area (Å²) in [6.45, 7) is 1.49. The van der Waals surface area contributed by atoms with Gasteiger partial charge in [-0.05, 0) is 19.3 Å². The molecule has 2 rings (SSSR count). The van der Waals surface area contributed by atoms with Gasteiger partial charge in [0.2, 0.25) is 5.91 Å². The molecular weight excluding hydrogens is 286 g/mol. The third-order valence-corrected chi connectivity index (χ3v) is 4.18. The highest BCUT2D eigenvalue weighted by Crippen LogP contribution is 2.25.